The minimum absolute atomic E-state index is 0.0323. The van der Waals surface area contributed by atoms with Crippen molar-refractivity contribution in [2.45, 2.75) is 52.7 Å². The Kier molecular flexibility index (Phi) is 6.59. The minimum atomic E-state index is -0.234. The van der Waals surface area contributed by atoms with E-state index < -0.39 is 0 Å². The highest BCUT2D eigenvalue weighted by Gasteiger charge is 2.33. The predicted octanol–water partition coefficient (Wildman–Crippen LogP) is 7.01. The van der Waals surface area contributed by atoms with Crippen LogP contribution in [0.1, 0.15) is 40.0 Å². The van der Waals surface area contributed by atoms with E-state index in [0.717, 1.165) is 29.4 Å². The molecule has 31 heavy (non-hydrogen) atoms. The fourth-order valence-electron chi connectivity index (χ4n) is 4.72. The highest BCUT2D eigenvalue weighted by Crippen LogP contribution is 2.36. The summed E-state index contributed by atoms with van der Waals surface area (Å²) in [6.45, 7) is 6.76. The van der Waals surface area contributed by atoms with Gasteiger partial charge in [-0.05, 0) is 60.9 Å². The molecule has 1 heterocycles. The van der Waals surface area contributed by atoms with Crippen LogP contribution >= 0.6 is 23.2 Å². The van der Waals surface area contributed by atoms with E-state index in [-0.39, 0.29) is 18.6 Å². The lowest BCUT2D eigenvalue weighted by molar-refractivity contribution is -0.156. The summed E-state index contributed by atoms with van der Waals surface area (Å²) in [5.41, 5.74) is 2.46. The molecule has 1 fully saturated rings. The van der Waals surface area contributed by atoms with E-state index in [4.69, 9.17) is 32.9 Å². The molecule has 2 unspecified atom stereocenters. The van der Waals surface area contributed by atoms with Crippen molar-refractivity contribution in [3.05, 3.63) is 52.5 Å². The lowest BCUT2D eigenvalue weighted by Gasteiger charge is -2.36. The van der Waals surface area contributed by atoms with Gasteiger partial charge in [0.25, 0.3) is 0 Å². The SMILES string of the molecule is CC1CCC(C(C)C)[C@H](OC(=O)Cn2c(-c3cc(Cl)cc(Cl)c3)nc3ccccc32)C1. The maximum absolute atomic E-state index is 13.1. The summed E-state index contributed by atoms with van der Waals surface area (Å²) >= 11 is 12.5. The molecule has 4 rings (SSSR count). The van der Waals surface area contributed by atoms with Crippen molar-refractivity contribution in [3.8, 4) is 11.4 Å². The summed E-state index contributed by atoms with van der Waals surface area (Å²) in [6.07, 6.45) is 3.20. The number of halogens is 2. The van der Waals surface area contributed by atoms with Gasteiger partial charge in [-0.15, -0.1) is 0 Å². The third-order valence-corrected chi connectivity index (χ3v) is 6.74. The minimum Gasteiger partial charge on any atom is -0.461 e. The molecule has 2 aromatic carbocycles. The van der Waals surface area contributed by atoms with Crippen molar-refractivity contribution in [2.75, 3.05) is 0 Å². The number of hydrogen-bond donors (Lipinski definition) is 0. The topological polar surface area (TPSA) is 44.1 Å². The fraction of sp³-hybridized carbons (Fsp3) is 0.440. The number of hydrogen-bond acceptors (Lipinski definition) is 3. The molecule has 3 aromatic rings. The number of fused-ring (bicyclic) bond motifs is 1. The van der Waals surface area contributed by atoms with Crippen LogP contribution in [0.15, 0.2) is 42.5 Å². The largest absolute Gasteiger partial charge is 0.461 e. The maximum atomic E-state index is 13.1. The first-order chi connectivity index (χ1) is 14.8. The molecule has 0 bridgehead atoms. The number of carbonyl (C=O) groups excluding carboxylic acids is 1. The van der Waals surface area contributed by atoms with Crippen LogP contribution in [0.4, 0.5) is 0 Å². The second-order valence-electron chi connectivity index (χ2n) is 9.02. The average Bonchev–Trinajstić information content (AvgIpc) is 3.05. The van der Waals surface area contributed by atoms with Crippen LogP contribution in [-0.4, -0.2) is 21.6 Å². The molecule has 0 N–H and O–H groups in total. The molecule has 3 atom stereocenters. The fourth-order valence-corrected chi connectivity index (χ4v) is 5.25. The normalized spacial score (nSPS) is 21.5. The van der Waals surface area contributed by atoms with Crippen molar-refractivity contribution < 1.29 is 9.53 Å². The van der Waals surface area contributed by atoms with Crippen LogP contribution in [0.5, 0.6) is 0 Å². The smallest absolute Gasteiger partial charge is 0.326 e. The van der Waals surface area contributed by atoms with Crippen molar-refractivity contribution >= 4 is 40.2 Å². The number of nitrogens with zero attached hydrogens (tertiary/aromatic N) is 2. The zero-order valence-electron chi connectivity index (χ0n) is 18.1. The summed E-state index contributed by atoms with van der Waals surface area (Å²) in [5.74, 6) is 1.89. The van der Waals surface area contributed by atoms with E-state index in [9.17, 15) is 4.79 Å². The van der Waals surface area contributed by atoms with Crippen LogP contribution in [0.2, 0.25) is 10.0 Å². The monoisotopic (exact) mass is 458 g/mol. The van der Waals surface area contributed by atoms with Gasteiger partial charge in [-0.25, -0.2) is 4.98 Å². The first kappa shape index (κ1) is 22.2. The number of imidazole rings is 1. The van der Waals surface area contributed by atoms with E-state index >= 15 is 0 Å². The average molecular weight is 459 g/mol. The van der Waals surface area contributed by atoms with E-state index in [1.54, 1.807) is 6.07 Å². The first-order valence-corrected chi connectivity index (χ1v) is 11.7. The number of carbonyl (C=O) groups is 1. The zero-order valence-corrected chi connectivity index (χ0v) is 19.7. The summed E-state index contributed by atoms with van der Waals surface area (Å²) in [6, 6.07) is 13.1. The van der Waals surface area contributed by atoms with Crippen LogP contribution in [-0.2, 0) is 16.1 Å². The molecular weight excluding hydrogens is 431 g/mol. The van der Waals surface area contributed by atoms with E-state index in [1.165, 1.54) is 6.42 Å². The molecule has 4 nitrogen and oxygen atoms in total. The van der Waals surface area contributed by atoms with Gasteiger partial charge in [0.2, 0.25) is 0 Å². The molecular formula is C25H28Cl2N2O2. The Bertz CT molecular complexity index is 1070. The van der Waals surface area contributed by atoms with Crippen molar-refractivity contribution in [2.24, 2.45) is 17.8 Å². The molecule has 1 saturated carbocycles. The Morgan fingerprint density at radius 2 is 1.87 bits per heavy atom. The highest BCUT2D eigenvalue weighted by atomic mass is 35.5. The summed E-state index contributed by atoms with van der Waals surface area (Å²) < 4.78 is 7.96. The van der Waals surface area contributed by atoms with E-state index in [0.29, 0.717) is 33.6 Å². The second kappa shape index (κ2) is 9.22. The van der Waals surface area contributed by atoms with Gasteiger partial charge in [0.05, 0.1) is 11.0 Å². The van der Waals surface area contributed by atoms with Gasteiger partial charge in [0.15, 0.2) is 0 Å². The highest BCUT2D eigenvalue weighted by molar-refractivity contribution is 6.35. The summed E-state index contributed by atoms with van der Waals surface area (Å²) in [7, 11) is 0. The quantitative estimate of drug-likeness (QED) is 0.386. The molecule has 0 aliphatic heterocycles. The molecule has 0 saturated heterocycles. The Balaban J connectivity index is 1.65. The van der Waals surface area contributed by atoms with Gasteiger partial charge in [0.1, 0.15) is 18.5 Å². The Morgan fingerprint density at radius 3 is 2.58 bits per heavy atom. The van der Waals surface area contributed by atoms with Gasteiger partial charge >= 0.3 is 5.97 Å². The molecule has 164 valence electrons. The standard InChI is InChI=1S/C25H28Cl2N2O2/c1-15(2)20-9-8-16(3)10-23(20)31-24(30)14-29-22-7-5-4-6-21(22)28-25(29)17-11-18(26)13-19(27)12-17/h4-7,11-13,15-16,20,23H,8-10,14H2,1-3H3/t16?,20?,23-/m1/s1. The lowest BCUT2D eigenvalue weighted by atomic mass is 9.75. The van der Waals surface area contributed by atoms with Crippen molar-refractivity contribution in [1.82, 2.24) is 9.55 Å². The second-order valence-corrected chi connectivity index (χ2v) is 9.90. The third-order valence-electron chi connectivity index (χ3n) is 6.31. The van der Waals surface area contributed by atoms with Crippen LogP contribution in [0.3, 0.4) is 0 Å². The molecule has 1 aliphatic carbocycles. The number of ether oxygens (including phenoxy) is 1. The van der Waals surface area contributed by atoms with Gasteiger partial charge in [-0.1, -0.05) is 62.5 Å². The van der Waals surface area contributed by atoms with Crippen molar-refractivity contribution in [1.29, 1.82) is 0 Å². The zero-order chi connectivity index (χ0) is 22.1. The van der Waals surface area contributed by atoms with Gasteiger partial charge in [-0.2, -0.15) is 0 Å². The summed E-state index contributed by atoms with van der Waals surface area (Å²) in [5, 5.41) is 1.05. The third kappa shape index (κ3) is 4.91. The molecule has 1 aliphatic rings. The van der Waals surface area contributed by atoms with Gasteiger partial charge in [-0.3, -0.25) is 4.79 Å². The Labute approximate surface area is 193 Å². The van der Waals surface area contributed by atoms with Crippen molar-refractivity contribution in [3.63, 3.8) is 0 Å². The number of aromatic nitrogens is 2. The molecule has 1 aromatic heterocycles. The maximum Gasteiger partial charge on any atom is 0.326 e. The van der Waals surface area contributed by atoms with Crippen LogP contribution in [0, 0.1) is 17.8 Å². The molecule has 0 radical (unpaired) electrons. The number of benzene rings is 2. The lowest BCUT2D eigenvalue weighted by Crippen LogP contribution is -2.36. The number of para-hydroxylation sites is 2. The Morgan fingerprint density at radius 1 is 1.16 bits per heavy atom. The van der Waals surface area contributed by atoms with E-state index in [2.05, 4.69) is 20.8 Å². The summed E-state index contributed by atoms with van der Waals surface area (Å²) in [4.78, 5) is 17.8. The predicted molar refractivity (Wildman–Crippen MR) is 126 cm³/mol. The molecule has 6 heteroatoms. The van der Waals surface area contributed by atoms with Gasteiger partial charge < -0.3 is 9.30 Å². The number of rotatable bonds is 5. The molecule has 0 spiro atoms. The molecule has 0 amide bonds. The van der Waals surface area contributed by atoms with Gasteiger partial charge in [0, 0.05) is 15.6 Å². The van der Waals surface area contributed by atoms with Crippen LogP contribution in [0.25, 0.3) is 22.4 Å². The Hall–Kier alpha value is -2.04. The number of esters is 1. The van der Waals surface area contributed by atoms with Crippen LogP contribution < -0.4 is 0 Å². The van der Waals surface area contributed by atoms with E-state index in [1.807, 2.05) is 41.0 Å². The first-order valence-electron chi connectivity index (χ1n) is 10.9.